The number of oxazole rings is 1. The first-order valence-electron chi connectivity index (χ1n) is 40.3. The van der Waals surface area contributed by atoms with Gasteiger partial charge in [-0.3, -0.25) is 29.9 Å². The number of nitrogens with one attached hydrogen (secondary N) is 3. The number of ether oxygens (including phenoxy) is 1. The van der Waals surface area contributed by atoms with Crippen molar-refractivity contribution < 1.29 is 22.4 Å². The standard InChI is InChI=1S/C10H9N.C9H8N2.C8H7N3.2C8H8N2.3C8H7NO.C8H7NS.2C6H7N.C4H6N2O.C4H5NS.C2H2N2O.C2H6.5CH4/c1-8-6-7-9-4-2-3-5-10(9)11-8;1-7-4-5-8-3-2-6-10-9(8)11-7;1-6-2-3-7-8(11-6)10-5-4-9-7;1-6-2-3-7-8(10-6)4-5-9-7;1-6-2-3-7-4-5-9-8(7)10-6;1-6-2-3-8-7(9-6)4-5-10-8;1-6-2-3-7-4-5-10-8(7)9-6;2*1-6-9-7-4-2-3-5-8(7)10-6;1-6-3-2-4-7-5-6;1-6-4-2-3-5-7-6;1-3-5-6-4(2)7-3;1-4-5-2-3-6-4;1-3-4-2-5-1;1-2;;;;;/h2-7H,1H3;2-6H,1H3;2-5H,1H3;2-5,9H,1H3;2-5H,1H3,(H,9,10);4*2-5H,1H3;2*2-5H,1H3;5H,1H2,2H3;2-3H,1H3;1-2H;1-2H3;5*1H4. The summed E-state index contributed by atoms with van der Waals surface area (Å²) >= 11 is 3.41. The molecule has 0 fully saturated rings. The smallest absolute Gasteiger partial charge is 0.226 e. The summed E-state index contributed by atoms with van der Waals surface area (Å²) in [7, 11) is 0. The van der Waals surface area contributed by atoms with E-state index in [1.165, 1.54) is 33.8 Å². The summed E-state index contributed by atoms with van der Waals surface area (Å²) in [5, 5.41) is 19.0. The van der Waals surface area contributed by atoms with Crippen LogP contribution >= 0.6 is 22.7 Å². The molecule has 0 aliphatic carbocycles. The molecule has 20 heterocycles. The summed E-state index contributed by atoms with van der Waals surface area (Å²) in [4.78, 5) is 68.5. The van der Waals surface area contributed by atoms with Crippen LogP contribution in [0.3, 0.4) is 0 Å². The number of nitrogens with zero attached hydrogens (tertiary/aromatic N) is 18. The van der Waals surface area contributed by atoms with E-state index in [-0.39, 0.29) is 37.1 Å². The van der Waals surface area contributed by atoms with Gasteiger partial charge < -0.3 is 32.4 Å². The van der Waals surface area contributed by atoms with E-state index in [4.69, 9.17) is 18.0 Å². The lowest BCUT2D eigenvalue weighted by atomic mass is 10.2. The van der Waals surface area contributed by atoms with Gasteiger partial charge in [0.1, 0.15) is 22.2 Å². The molecule has 28 heteroatoms. The summed E-state index contributed by atoms with van der Waals surface area (Å²) in [5.74, 6) is 1.84. The quantitative estimate of drug-likeness (QED) is 0.127. The first-order chi connectivity index (χ1) is 61.7. The van der Waals surface area contributed by atoms with Gasteiger partial charge >= 0.3 is 0 Å². The van der Waals surface area contributed by atoms with Crippen LogP contribution in [-0.2, 0) is 4.74 Å². The van der Waals surface area contributed by atoms with E-state index in [9.17, 15) is 0 Å². The Hall–Kier alpha value is -15.7. The Morgan fingerprint density at radius 1 is 0.356 bits per heavy atom. The molecule has 132 heavy (non-hydrogen) atoms. The SMILES string of the molecule is C.C.C.C.C.C=C1NN=C(C)O1.CC.Cc1ccc2[nH]ccc2n1.Cc1ccc2cc[nH]c2n1.Cc1ccc2ccccc2n1.Cc1ccc2cccnc2n1.Cc1ccc2ccoc2n1.Cc1ccc2nccnc2n1.Cc1ccc2occc2n1.Cc1ccccn1.Cc1cccnc1.Cc1nc2ccccc2o1.Cc1nc2ccccc2s1.Cc1nccs1.c1nnco1. The van der Waals surface area contributed by atoms with E-state index in [0.717, 1.165) is 139 Å². The molecule has 26 nitrogen and oxygen atoms in total. The normalized spacial score (nSPS) is 9.96. The van der Waals surface area contributed by atoms with Crippen molar-refractivity contribution in [3.05, 3.63) is 390 Å². The molecule has 19 aromatic heterocycles. The van der Waals surface area contributed by atoms with Crippen molar-refractivity contribution in [3.63, 3.8) is 0 Å². The lowest BCUT2D eigenvalue weighted by Crippen LogP contribution is -1.95. The number of hydrogen-bond acceptors (Lipinski definition) is 26. The molecule has 3 aromatic carbocycles. The number of thiazole rings is 2. The number of para-hydroxylation sites is 4. The van der Waals surface area contributed by atoms with Crippen molar-refractivity contribution >= 4 is 127 Å². The summed E-state index contributed by atoms with van der Waals surface area (Å²) in [6, 6.07) is 73.5. The number of hydrogen-bond donors (Lipinski definition) is 3. The van der Waals surface area contributed by atoms with Gasteiger partial charge in [0.15, 0.2) is 28.4 Å². The Balaban J connectivity index is 0.000000297. The van der Waals surface area contributed by atoms with E-state index in [0.29, 0.717) is 17.4 Å². The fraction of sp³-hybridized carbons (Fsp3) is 0.192. The zero-order valence-corrected chi connectivity index (χ0v) is 75.2. The minimum atomic E-state index is 0. The number of fused-ring (bicyclic) bond motifs is 9. The zero-order chi connectivity index (χ0) is 90.3. The highest BCUT2D eigenvalue weighted by Crippen LogP contribution is 2.21. The number of hydrazone groups is 1. The second kappa shape index (κ2) is 59.4. The third-order valence-electron chi connectivity index (χ3n) is 16.7. The maximum absolute atomic E-state index is 5.26. The van der Waals surface area contributed by atoms with Crippen LogP contribution in [0.25, 0.3) is 98.7 Å². The van der Waals surface area contributed by atoms with Crippen molar-refractivity contribution in [1.82, 2.24) is 100 Å². The van der Waals surface area contributed by atoms with E-state index >= 15 is 0 Å². The lowest BCUT2D eigenvalue weighted by Gasteiger charge is -1.95. The number of aryl methyl sites for hydroxylation is 12. The van der Waals surface area contributed by atoms with Crippen LogP contribution in [0, 0.1) is 83.1 Å². The topological polar surface area (TPSA) is 337 Å². The highest BCUT2D eigenvalue weighted by atomic mass is 32.1. The summed E-state index contributed by atoms with van der Waals surface area (Å²) in [6.45, 7) is 32.9. The summed E-state index contributed by atoms with van der Waals surface area (Å²) in [5.41, 5.74) is 24.0. The molecule has 0 saturated carbocycles. The molecule has 0 spiro atoms. The van der Waals surface area contributed by atoms with Gasteiger partial charge in [0.2, 0.25) is 30.3 Å². The monoisotopic (exact) mass is 1810 g/mol. The van der Waals surface area contributed by atoms with Crippen LogP contribution in [0.5, 0.6) is 0 Å². The second-order valence-corrected chi connectivity index (χ2v) is 29.4. The van der Waals surface area contributed by atoms with Crippen LogP contribution in [0.15, 0.2) is 346 Å². The number of H-pyrrole nitrogens is 2. The molecule has 0 radical (unpaired) electrons. The largest absolute Gasteiger partial charge is 0.463 e. The number of furan rings is 2. The molecule has 0 saturated heterocycles. The van der Waals surface area contributed by atoms with Gasteiger partial charge in [-0.2, -0.15) is 0 Å². The average molecular weight is 1810 g/mol. The van der Waals surface area contributed by atoms with Gasteiger partial charge in [0.25, 0.3) is 0 Å². The van der Waals surface area contributed by atoms with E-state index in [2.05, 4.69) is 141 Å². The first-order valence-corrected chi connectivity index (χ1v) is 42.0. The molecule has 0 unspecified atom stereocenters. The Kier molecular flexibility index (Phi) is 48.9. The van der Waals surface area contributed by atoms with Crippen LogP contribution in [0.4, 0.5) is 0 Å². The number of aromatic amines is 2. The van der Waals surface area contributed by atoms with Crippen molar-refractivity contribution in [2.24, 2.45) is 5.10 Å². The van der Waals surface area contributed by atoms with Gasteiger partial charge in [-0.1, -0.05) is 112 Å². The predicted octanol–water partition coefficient (Wildman–Crippen LogP) is 27.5. The molecule has 1 aliphatic rings. The number of rotatable bonds is 0. The van der Waals surface area contributed by atoms with E-state index in [1.54, 1.807) is 79.3 Å². The van der Waals surface area contributed by atoms with Gasteiger partial charge in [-0.05, 0) is 246 Å². The summed E-state index contributed by atoms with van der Waals surface area (Å²) in [6.07, 6.45) is 21.9. The highest BCUT2D eigenvalue weighted by molar-refractivity contribution is 7.18. The molecular formula is C104H121N21O5S2. The predicted molar refractivity (Wildman–Crippen MR) is 546 cm³/mol. The van der Waals surface area contributed by atoms with Crippen molar-refractivity contribution in [2.45, 2.75) is 141 Å². The lowest BCUT2D eigenvalue weighted by molar-refractivity contribution is 0.416. The van der Waals surface area contributed by atoms with Crippen molar-refractivity contribution in [1.29, 1.82) is 0 Å². The Morgan fingerprint density at radius 3 is 1.54 bits per heavy atom. The Bertz CT molecular complexity index is 6270. The van der Waals surface area contributed by atoms with Gasteiger partial charge in [0.05, 0.1) is 49.3 Å². The fourth-order valence-corrected chi connectivity index (χ4v) is 12.1. The fourth-order valence-electron chi connectivity index (χ4n) is 10.8. The summed E-state index contributed by atoms with van der Waals surface area (Å²) < 4.78 is 25.9. The first kappa shape index (κ1) is 109. The molecule has 0 bridgehead atoms. The maximum Gasteiger partial charge on any atom is 0.226 e. The van der Waals surface area contributed by atoms with Crippen LogP contribution in [-0.4, -0.2) is 101 Å². The maximum atomic E-state index is 5.26. The van der Waals surface area contributed by atoms with Gasteiger partial charge in [0, 0.05) is 148 Å². The number of aromatic nitrogens is 19. The van der Waals surface area contributed by atoms with E-state index in [1.807, 2.05) is 321 Å². The van der Waals surface area contributed by atoms with E-state index < -0.39 is 0 Å². The molecule has 684 valence electrons. The molecule has 22 aromatic rings. The number of benzene rings is 3. The van der Waals surface area contributed by atoms with Crippen molar-refractivity contribution in [3.8, 4) is 0 Å². The van der Waals surface area contributed by atoms with Crippen LogP contribution < -0.4 is 5.43 Å². The molecule has 1 aliphatic heterocycles. The van der Waals surface area contributed by atoms with Crippen LogP contribution in [0.2, 0.25) is 0 Å². The van der Waals surface area contributed by atoms with Gasteiger partial charge in [-0.15, -0.1) is 38.0 Å². The Morgan fingerprint density at radius 2 is 0.924 bits per heavy atom. The molecule has 23 rings (SSSR count). The molecule has 0 amide bonds. The van der Waals surface area contributed by atoms with Crippen LogP contribution in [0.1, 0.15) is 125 Å². The third kappa shape index (κ3) is 38.5. The zero-order valence-electron chi connectivity index (χ0n) is 73.6. The molecule has 0 atom stereocenters. The molecule has 3 N–H and O–H groups in total. The number of pyridine rings is 10. The minimum absolute atomic E-state index is 0. The minimum Gasteiger partial charge on any atom is -0.463 e. The molecular weight excluding hydrogens is 1690 g/mol. The average Bonchev–Trinajstić information content (AvgIpc) is 1.56. The van der Waals surface area contributed by atoms with Gasteiger partial charge in [-0.25, -0.2) is 50.3 Å². The third-order valence-corrected chi connectivity index (χ3v) is 18.3. The second-order valence-electron chi connectivity index (χ2n) is 27.1. The van der Waals surface area contributed by atoms with Crippen molar-refractivity contribution in [2.75, 3.05) is 0 Å². The Labute approximate surface area is 781 Å². The highest BCUT2D eigenvalue weighted by Gasteiger charge is 2.04.